The van der Waals surface area contributed by atoms with Crippen molar-refractivity contribution in [3.05, 3.63) is 5.89 Å². The van der Waals surface area contributed by atoms with E-state index in [4.69, 9.17) is 9.15 Å². The fourth-order valence-electron chi connectivity index (χ4n) is 1.34. The molecule has 1 aliphatic heterocycles. The summed E-state index contributed by atoms with van der Waals surface area (Å²) in [6.07, 6.45) is 1.11. The molecule has 5 heteroatoms. The number of hydrogen-bond donors (Lipinski definition) is 1. The van der Waals surface area contributed by atoms with Gasteiger partial charge in [-0.25, -0.2) is 0 Å². The summed E-state index contributed by atoms with van der Waals surface area (Å²) in [5.74, 6) is 1.16. The molecule has 13 heavy (non-hydrogen) atoms. The third-order valence-corrected chi connectivity index (χ3v) is 2.09. The molecule has 0 bridgehead atoms. The van der Waals surface area contributed by atoms with Crippen LogP contribution < -0.4 is 5.32 Å². The van der Waals surface area contributed by atoms with Gasteiger partial charge in [-0.15, -0.1) is 5.10 Å². The van der Waals surface area contributed by atoms with Gasteiger partial charge in [0.1, 0.15) is 0 Å². The number of aryl methyl sites for hydroxylation is 1. The van der Waals surface area contributed by atoms with Crippen LogP contribution in [0.5, 0.6) is 0 Å². The number of anilines is 1. The van der Waals surface area contributed by atoms with Gasteiger partial charge >= 0.3 is 6.01 Å². The van der Waals surface area contributed by atoms with Crippen LogP contribution in [0.2, 0.25) is 0 Å². The second-order valence-corrected chi connectivity index (χ2v) is 3.24. The molecule has 0 saturated carbocycles. The summed E-state index contributed by atoms with van der Waals surface area (Å²) in [4.78, 5) is 0. The lowest BCUT2D eigenvalue weighted by Gasteiger charge is -2.05. The number of nitrogens with zero attached hydrogens (tertiary/aromatic N) is 2. The highest BCUT2D eigenvalue weighted by atomic mass is 16.5. The Labute approximate surface area is 76.5 Å². The zero-order valence-electron chi connectivity index (χ0n) is 7.62. The van der Waals surface area contributed by atoms with Gasteiger partial charge in [0, 0.05) is 26.0 Å². The molecule has 0 amide bonds. The van der Waals surface area contributed by atoms with E-state index in [1.165, 1.54) is 0 Å². The highest BCUT2D eigenvalue weighted by molar-refractivity contribution is 5.16. The van der Waals surface area contributed by atoms with Crippen molar-refractivity contribution < 1.29 is 9.15 Å². The van der Waals surface area contributed by atoms with E-state index >= 15 is 0 Å². The molecule has 1 aliphatic rings. The highest BCUT2D eigenvalue weighted by Gasteiger charge is 2.15. The largest absolute Gasteiger partial charge is 0.408 e. The fraction of sp³-hybridized carbons (Fsp3) is 0.750. The molecule has 72 valence electrons. The summed E-state index contributed by atoms with van der Waals surface area (Å²) in [7, 11) is 0. The maximum Gasteiger partial charge on any atom is 0.315 e. The monoisotopic (exact) mass is 183 g/mol. The van der Waals surface area contributed by atoms with Gasteiger partial charge in [0.2, 0.25) is 5.89 Å². The predicted octanol–water partition coefficient (Wildman–Crippen LogP) is 0.826. The summed E-state index contributed by atoms with van der Waals surface area (Å²) < 4.78 is 10.4. The Hall–Kier alpha value is -1.10. The number of nitrogens with one attached hydrogen (secondary N) is 1. The molecule has 5 nitrogen and oxygen atoms in total. The van der Waals surface area contributed by atoms with Crippen molar-refractivity contribution in [3.63, 3.8) is 0 Å². The van der Waals surface area contributed by atoms with E-state index in [9.17, 15) is 0 Å². The van der Waals surface area contributed by atoms with E-state index in [-0.39, 0.29) is 0 Å². The van der Waals surface area contributed by atoms with Gasteiger partial charge in [0.05, 0.1) is 6.61 Å². The van der Waals surface area contributed by atoms with Crippen molar-refractivity contribution in [2.24, 2.45) is 5.92 Å². The molecule has 1 unspecified atom stereocenters. The summed E-state index contributed by atoms with van der Waals surface area (Å²) in [6, 6.07) is 0.504. The molecular formula is C8H13N3O2. The topological polar surface area (TPSA) is 60.2 Å². The molecule has 1 N–H and O–H groups in total. The molecule has 1 saturated heterocycles. The quantitative estimate of drug-likeness (QED) is 0.752. The minimum atomic E-state index is 0.504. The van der Waals surface area contributed by atoms with Crippen molar-refractivity contribution >= 4 is 6.01 Å². The Morgan fingerprint density at radius 3 is 3.08 bits per heavy atom. The van der Waals surface area contributed by atoms with E-state index in [0.29, 0.717) is 17.8 Å². The van der Waals surface area contributed by atoms with Crippen molar-refractivity contribution in [2.75, 3.05) is 25.1 Å². The average Bonchev–Trinajstić information content (AvgIpc) is 2.71. The van der Waals surface area contributed by atoms with Crippen LogP contribution >= 0.6 is 0 Å². The van der Waals surface area contributed by atoms with E-state index in [0.717, 1.165) is 26.2 Å². The van der Waals surface area contributed by atoms with Crippen molar-refractivity contribution in [1.82, 2.24) is 10.2 Å². The Morgan fingerprint density at radius 2 is 2.46 bits per heavy atom. The zero-order valence-corrected chi connectivity index (χ0v) is 7.62. The first-order valence-corrected chi connectivity index (χ1v) is 4.46. The van der Waals surface area contributed by atoms with Crippen LogP contribution in [-0.4, -0.2) is 30.0 Å². The van der Waals surface area contributed by atoms with Crippen LogP contribution in [0.15, 0.2) is 4.42 Å². The first-order valence-electron chi connectivity index (χ1n) is 4.46. The van der Waals surface area contributed by atoms with Gasteiger partial charge in [-0.1, -0.05) is 5.10 Å². The summed E-state index contributed by atoms with van der Waals surface area (Å²) in [6.45, 7) is 4.33. The Bertz CT molecular complexity index is 268. The molecule has 2 heterocycles. The maximum absolute atomic E-state index is 5.24. The van der Waals surface area contributed by atoms with Gasteiger partial charge in [0.15, 0.2) is 0 Å². The van der Waals surface area contributed by atoms with Gasteiger partial charge in [0.25, 0.3) is 0 Å². The van der Waals surface area contributed by atoms with Crippen molar-refractivity contribution in [3.8, 4) is 0 Å². The smallest absolute Gasteiger partial charge is 0.315 e. The Morgan fingerprint density at radius 1 is 1.54 bits per heavy atom. The highest BCUT2D eigenvalue weighted by Crippen LogP contribution is 2.13. The first kappa shape index (κ1) is 8.50. The number of ether oxygens (including phenoxy) is 1. The van der Waals surface area contributed by atoms with E-state index < -0.39 is 0 Å². The van der Waals surface area contributed by atoms with Gasteiger partial charge in [-0.05, 0) is 6.42 Å². The van der Waals surface area contributed by atoms with Crippen LogP contribution in [0.25, 0.3) is 0 Å². The molecule has 0 aromatic carbocycles. The third kappa shape index (κ3) is 2.18. The van der Waals surface area contributed by atoms with Crippen LogP contribution in [0.1, 0.15) is 12.3 Å². The minimum Gasteiger partial charge on any atom is -0.408 e. The maximum atomic E-state index is 5.24. The normalized spacial score (nSPS) is 22.1. The van der Waals surface area contributed by atoms with Crippen LogP contribution in [0.3, 0.4) is 0 Å². The summed E-state index contributed by atoms with van der Waals surface area (Å²) in [5, 5.41) is 10.6. The SMILES string of the molecule is Cc1nnc(NCC2CCOC2)o1. The molecule has 1 atom stereocenters. The molecule has 0 radical (unpaired) electrons. The molecule has 0 aliphatic carbocycles. The lowest BCUT2D eigenvalue weighted by molar-refractivity contribution is 0.187. The average molecular weight is 183 g/mol. The first-order chi connectivity index (χ1) is 6.34. The van der Waals surface area contributed by atoms with Gasteiger partial charge < -0.3 is 14.5 Å². The van der Waals surface area contributed by atoms with Gasteiger partial charge in [-0.2, -0.15) is 0 Å². The van der Waals surface area contributed by atoms with E-state index in [1.807, 2.05) is 0 Å². The number of rotatable bonds is 3. The summed E-state index contributed by atoms with van der Waals surface area (Å²) >= 11 is 0. The van der Waals surface area contributed by atoms with E-state index in [1.54, 1.807) is 6.92 Å². The van der Waals surface area contributed by atoms with Crippen LogP contribution in [-0.2, 0) is 4.74 Å². The molecule has 1 fully saturated rings. The molecular weight excluding hydrogens is 170 g/mol. The molecule has 0 spiro atoms. The second kappa shape index (κ2) is 3.74. The third-order valence-electron chi connectivity index (χ3n) is 2.09. The van der Waals surface area contributed by atoms with Crippen LogP contribution in [0.4, 0.5) is 6.01 Å². The molecule has 2 rings (SSSR count). The minimum absolute atomic E-state index is 0.504. The standard InChI is InChI=1S/C8H13N3O2/c1-6-10-11-8(13-6)9-4-7-2-3-12-5-7/h7H,2-5H2,1H3,(H,9,11). The van der Waals surface area contributed by atoms with Crippen LogP contribution in [0, 0.1) is 12.8 Å². The van der Waals surface area contributed by atoms with Gasteiger partial charge in [-0.3, -0.25) is 0 Å². The summed E-state index contributed by atoms with van der Waals surface area (Å²) in [5.41, 5.74) is 0. The Kier molecular flexibility index (Phi) is 2.44. The number of hydrogen-bond acceptors (Lipinski definition) is 5. The zero-order chi connectivity index (χ0) is 9.10. The number of aromatic nitrogens is 2. The molecule has 1 aromatic rings. The molecule has 1 aromatic heterocycles. The van der Waals surface area contributed by atoms with Crippen molar-refractivity contribution in [2.45, 2.75) is 13.3 Å². The second-order valence-electron chi connectivity index (χ2n) is 3.24. The lowest BCUT2D eigenvalue weighted by atomic mass is 10.1. The van der Waals surface area contributed by atoms with Crippen molar-refractivity contribution in [1.29, 1.82) is 0 Å². The predicted molar refractivity (Wildman–Crippen MR) is 46.5 cm³/mol. The van der Waals surface area contributed by atoms with E-state index in [2.05, 4.69) is 15.5 Å². The lowest BCUT2D eigenvalue weighted by Crippen LogP contribution is -2.14. The fourth-order valence-corrected chi connectivity index (χ4v) is 1.34. The Balaban J connectivity index is 1.78.